The van der Waals surface area contributed by atoms with Crippen LogP contribution in [0.1, 0.15) is 16.7 Å². The molecule has 0 unspecified atom stereocenters. The highest BCUT2D eigenvalue weighted by Gasteiger charge is 2.10. The van der Waals surface area contributed by atoms with Gasteiger partial charge in [-0.1, -0.05) is 35.9 Å². The molecule has 2 aromatic rings. The smallest absolute Gasteiger partial charge is 0.409 e. The van der Waals surface area contributed by atoms with Crippen molar-refractivity contribution in [2.45, 2.75) is 13.0 Å². The van der Waals surface area contributed by atoms with Gasteiger partial charge >= 0.3 is 6.09 Å². The molecule has 0 radical (unpaired) electrons. The molecule has 0 saturated carbocycles. The summed E-state index contributed by atoms with van der Waals surface area (Å²) in [4.78, 5) is 20.8. The summed E-state index contributed by atoms with van der Waals surface area (Å²) in [6.07, 6.45) is 3.33. The summed E-state index contributed by atoms with van der Waals surface area (Å²) in [6, 6.07) is 7.74. The van der Waals surface area contributed by atoms with Crippen molar-refractivity contribution in [3.8, 4) is 0 Å². The Morgan fingerprint density at radius 2 is 1.95 bits per heavy atom. The van der Waals surface area contributed by atoms with Crippen LogP contribution in [0, 0.1) is 0 Å². The van der Waals surface area contributed by atoms with Gasteiger partial charge in [0.1, 0.15) is 18.1 Å². The van der Waals surface area contributed by atoms with Gasteiger partial charge in [0.05, 0.1) is 0 Å². The highest BCUT2D eigenvalue weighted by molar-refractivity contribution is 6.30. The van der Waals surface area contributed by atoms with Crippen LogP contribution in [0.4, 0.5) is 4.79 Å². The molecule has 0 atom stereocenters. The average Bonchev–Trinajstić information content (AvgIpc) is 2.48. The quantitative estimate of drug-likeness (QED) is 0.815. The lowest BCUT2D eigenvalue weighted by Crippen LogP contribution is -2.22. The van der Waals surface area contributed by atoms with Crippen molar-refractivity contribution < 1.29 is 9.53 Å². The van der Waals surface area contributed by atoms with Crippen molar-refractivity contribution >= 4 is 17.7 Å². The maximum atomic E-state index is 11.5. The molecule has 5 nitrogen and oxygen atoms in total. The van der Waals surface area contributed by atoms with Crippen molar-refractivity contribution in [2.75, 3.05) is 14.1 Å². The van der Waals surface area contributed by atoms with Crippen molar-refractivity contribution in [3.05, 3.63) is 58.6 Å². The zero-order valence-electron chi connectivity index (χ0n) is 11.9. The first-order chi connectivity index (χ1) is 10.1. The Morgan fingerprint density at radius 1 is 1.24 bits per heavy atom. The SMILES string of the molecule is CN(C)C(=O)OCc1ccccc1Cc1cncnc1Cl. The molecule has 0 aliphatic heterocycles. The van der Waals surface area contributed by atoms with E-state index in [4.69, 9.17) is 16.3 Å². The number of rotatable bonds is 4. The van der Waals surface area contributed by atoms with Crippen molar-refractivity contribution in [2.24, 2.45) is 0 Å². The summed E-state index contributed by atoms with van der Waals surface area (Å²) in [5.41, 5.74) is 2.80. The van der Waals surface area contributed by atoms with Gasteiger partial charge in [-0.15, -0.1) is 0 Å². The lowest BCUT2D eigenvalue weighted by atomic mass is 10.0. The van der Waals surface area contributed by atoms with E-state index in [0.29, 0.717) is 11.6 Å². The van der Waals surface area contributed by atoms with Crippen LogP contribution < -0.4 is 0 Å². The van der Waals surface area contributed by atoms with Crippen molar-refractivity contribution in [1.82, 2.24) is 14.9 Å². The minimum absolute atomic E-state index is 0.221. The largest absolute Gasteiger partial charge is 0.445 e. The Labute approximate surface area is 128 Å². The van der Waals surface area contributed by atoms with E-state index in [9.17, 15) is 4.79 Å². The fourth-order valence-corrected chi connectivity index (χ4v) is 1.97. The van der Waals surface area contributed by atoms with E-state index in [1.807, 2.05) is 24.3 Å². The molecule has 2 rings (SSSR count). The second-order valence-electron chi connectivity index (χ2n) is 4.73. The van der Waals surface area contributed by atoms with Gasteiger partial charge in [-0.25, -0.2) is 14.8 Å². The number of aromatic nitrogens is 2. The number of hydrogen-bond acceptors (Lipinski definition) is 4. The van der Waals surface area contributed by atoms with E-state index in [1.54, 1.807) is 20.3 Å². The van der Waals surface area contributed by atoms with E-state index in [0.717, 1.165) is 16.7 Å². The van der Waals surface area contributed by atoms with Crippen LogP contribution in [0.25, 0.3) is 0 Å². The number of ether oxygens (including phenoxy) is 1. The normalized spacial score (nSPS) is 10.2. The molecule has 0 aliphatic carbocycles. The van der Waals surface area contributed by atoms with Crippen LogP contribution in [-0.4, -0.2) is 35.1 Å². The lowest BCUT2D eigenvalue weighted by Gasteiger charge is -2.13. The van der Waals surface area contributed by atoms with Gasteiger partial charge in [0.25, 0.3) is 0 Å². The van der Waals surface area contributed by atoms with Gasteiger partial charge in [-0.3, -0.25) is 0 Å². The zero-order valence-corrected chi connectivity index (χ0v) is 12.7. The number of nitrogens with zero attached hydrogens (tertiary/aromatic N) is 3. The summed E-state index contributed by atoms with van der Waals surface area (Å²) in [6.45, 7) is 0.221. The van der Waals surface area contributed by atoms with E-state index in [-0.39, 0.29) is 12.7 Å². The molecule has 0 aliphatic rings. The minimum Gasteiger partial charge on any atom is -0.445 e. The van der Waals surface area contributed by atoms with Gasteiger partial charge < -0.3 is 9.64 Å². The Bertz CT molecular complexity index is 632. The van der Waals surface area contributed by atoms with Crippen LogP contribution in [0.5, 0.6) is 0 Å². The molecular weight excluding hydrogens is 290 g/mol. The molecule has 0 spiro atoms. The van der Waals surface area contributed by atoms with Gasteiger partial charge in [-0.2, -0.15) is 0 Å². The number of carbonyl (C=O) groups is 1. The van der Waals surface area contributed by atoms with Gasteiger partial charge in [-0.05, 0) is 11.1 Å². The van der Waals surface area contributed by atoms with Crippen LogP contribution in [0.15, 0.2) is 36.8 Å². The Hall–Kier alpha value is -2.14. The van der Waals surface area contributed by atoms with E-state index in [1.165, 1.54) is 11.2 Å². The molecule has 1 aromatic heterocycles. The molecule has 21 heavy (non-hydrogen) atoms. The first kappa shape index (κ1) is 15.3. The van der Waals surface area contributed by atoms with Crippen molar-refractivity contribution in [3.63, 3.8) is 0 Å². The van der Waals surface area contributed by atoms with E-state index in [2.05, 4.69) is 9.97 Å². The first-order valence-corrected chi connectivity index (χ1v) is 6.81. The predicted octanol–water partition coefficient (Wildman–Crippen LogP) is 2.92. The molecule has 1 amide bonds. The highest BCUT2D eigenvalue weighted by atomic mass is 35.5. The van der Waals surface area contributed by atoms with Crippen LogP contribution >= 0.6 is 11.6 Å². The monoisotopic (exact) mass is 305 g/mol. The second kappa shape index (κ2) is 7.04. The van der Waals surface area contributed by atoms with Gasteiger partial charge in [0, 0.05) is 32.3 Å². The second-order valence-corrected chi connectivity index (χ2v) is 5.09. The molecule has 1 aromatic carbocycles. The first-order valence-electron chi connectivity index (χ1n) is 6.43. The maximum absolute atomic E-state index is 11.5. The lowest BCUT2D eigenvalue weighted by molar-refractivity contribution is 0.112. The molecule has 0 saturated heterocycles. The summed E-state index contributed by atoms with van der Waals surface area (Å²) in [5.74, 6) is 0. The van der Waals surface area contributed by atoms with Crippen LogP contribution in [0.2, 0.25) is 5.15 Å². The molecule has 0 fully saturated rings. The van der Waals surface area contributed by atoms with Crippen LogP contribution in [0.3, 0.4) is 0 Å². The zero-order chi connectivity index (χ0) is 15.2. The average molecular weight is 306 g/mol. The fourth-order valence-electron chi connectivity index (χ4n) is 1.81. The summed E-state index contributed by atoms with van der Waals surface area (Å²) in [7, 11) is 3.30. The molecule has 110 valence electrons. The number of benzene rings is 1. The Morgan fingerprint density at radius 3 is 2.62 bits per heavy atom. The highest BCUT2D eigenvalue weighted by Crippen LogP contribution is 2.19. The van der Waals surface area contributed by atoms with Crippen LogP contribution in [-0.2, 0) is 17.8 Å². The van der Waals surface area contributed by atoms with E-state index < -0.39 is 0 Å². The predicted molar refractivity (Wildman–Crippen MR) is 80.2 cm³/mol. The molecule has 0 bridgehead atoms. The standard InChI is InChI=1S/C15H16ClN3O2/c1-19(2)15(20)21-9-12-6-4-3-5-11(12)7-13-8-17-10-18-14(13)16/h3-6,8,10H,7,9H2,1-2H3. The fraction of sp³-hybridized carbons (Fsp3) is 0.267. The topological polar surface area (TPSA) is 55.3 Å². The number of carbonyl (C=O) groups excluding carboxylic acids is 1. The summed E-state index contributed by atoms with van der Waals surface area (Å²) in [5, 5.41) is 0.435. The summed E-state index contributed by atoms with van der Waals surface area (Å²) < 4.78 is 5.22. The molecule has 6 heteroatoms. The number of halogens is 1. The number of amides is 1. The third kappa shape index (κ3) is 4.16. The third-order valence-corrected chi connectivity index (χ3v) is 3.29. The van der Waals surface area contributed by atoms with Crippen molar-refractivity contribution in [1.29, 1.82) is 0 Å². The number of hydrogen-bond donors (Lipinski definition) is 0. The third-order valence-electron chi connectivity index (χ3n) is 2.95. The molecular formula is C15H16ClN3O2. The van der Waals surface area contributed by atoms with Gasteiger partial charge in [0.2, 0.25) is 0 Å². The Kier molecular flexibility index (Phi) is 5.11. The Balaban J connectivity index is 2.14. The maximum Gasteiger partial charge on any atom is 0.409 e. The minimum atomic E-state index is -0.370. The molecule has 0 N–H and O–H groups in total. The van der Waals surface area contributed by atoms with E-state index >= 15 is 0 Å². The van der Waals surface area contributed by atoms with Gasteiger partial charge in [0.15, 0.2) is 0 Å². The summed E-state index contributed by atoms with van der Waals surface area (Å²) >= 11 is 6.05. The molecule has 1 heterocycles.